The molecule has 15 heavy (non-hydrogen) atoms. The van der Waals surface area contributed by atoms with Crippen molar-refractivity contribution in [3.63, 3.8) is 0 Å². The van der Waals surface area contributed by atoms with Crippen molar-refractivity contribution in [1.82, 2.24) is 5.32 Å². The zero-order valence-electron chi connectivity index (χ0n) is 9.29. The van der Waals surface area contributed by atoms with E-state index in [4.69, 9.17) is 12.2 Å². The van der Waals surface area contributed by atoms with Crippen molar-refractivity contribution >= 4 is 17.7 Å². The molecule has 0 spiro atoms. The normalized spacial score (nSPS) is 11.8. The molecule has 3 nitrogen and oxygen atoms in total. The molecule has 0 fully saturated rings. The first-order valence-electron chi connectivity index (χ1n) is 5.18. The van der Waals surface area contributed by atoms with E-state index in [9.17, 15) is 4.79 Å². The predicted molar refractivity (Wildman–Crippen MR) is 66.7 cm³/mol. The highest BCUT2D eigenvalue weighted by atomic mass is 32.2. The van der Waals surface area contributed by atoms with Crippen LogP contribution in [-0.4, -0.2) is 30.5 Å². The molecule has 0 aromatic heterocycles. The van der Waals surface area contributed by atoms with E-state index in [1.807, 2.05) is 6.26 Å². The number of unbranched alkanes of at least 4 members (excludes halogenated alkanes) is 2. The molecule has 0 heterocycles. The highest BCUT2D eigenvalue weighted by Crippen LogP contribution is 1.99. The number of terminal acetylenes is 1. The van der Waals surface area contributed by atoms with Gasteiger partial charge in [0.25, 0.3) is 0 Å². The lowest BCUT2D eigenvalue weighted by Gasteiger charge is -2.10. The minimum absolute atomic E-state index is 0.0512. The maximum absolute atomic E-state index is 11.4. The summed E-state index contributed by atoms with van der Waals surface area (Å²) < 4.78 is 0. The second kappa shape index (κ2) is 9.88. The fraction of sp³-hybridized carbons (Fsp3) is 0.727. The van der Waals surface area contributed by atoms with Gasteiger partial charge in [0.1, 0.15) is 0 Å². The molecular formula is C11H20N2OS. The van der Waals surface area contributed by atoms with E-state index in [0.29, 0.717) is 6.54 Å². The van der Waals surface area contributed by atoms with Crippen molar-refractivity contribution in [2.75, 3.05) is 18.6 Å². The summed E-state index contributed by atoms with van der Waals surface area (Å²) in [6.45, 7) is 0.674. The van der Waals surface area contributed by atoms with Crippen LogP contribution in [0.2, 0.25) is 0 Å². The van der Waals surface area contributed by atoms with Gasteiger partial charge in [-0.3, -0.25) is 4.79 Å². The third-order valence-corrected chi connectivity index (χ3v) is 2.66. The minimum atomic E-state index is -0.370. The Bertz CT molecular complexity index is 213. The first-order valence-corrected chi connectivity index (χ1v) is 6.57. The summed E-state index contributed by atoms with van der Waals surface area (Å²) in [5.74, 6) is 3.44. The third kappa shape index (κ3) is 8.34. The molecule has 0 rings (SSSR count). The molecule has 0 saturated carbocycles. The monoisotopic (exact) mass is 228 g/mol. The van der Waals surface area contributed by atoms with Crippen LogP contribution in [-0.2, 0) is 4.79 Å². The lowest BCUT2D eigenvalue weighted by Crippen LogP contribution is -2.41. The van der Waals surface area contributed by atoms with E-state index >= 15 is 0 Å². The van der Waals surface area contributed by atoms with Gasteiger partial charge in [-0.15, -0.1) is 12.3 Å². The fourth-order valence-electron chi connectivity index (χ4n) is 1.07. The molecule has 4 heteroatoms. The number of thioether (sulfide) groups is 1. The molecule has 0 aliphatic heterocycles. The van der Waals surface area contributed by atoms with Crippen LogP contribution in [0.3, 0.4) is 0 Å². The minimum Gasteiger partial charge on any atom is -0.355 e. The van der Waals surface area contributed by atoms with Crippen LogP contribution in [0, 0.1) is 12.3 Å². The van der Waals surface area contributed by atoms with Gasteiger partial charge in [0, 0.05) is 13.0 Å². The van der Waals surface area contributed by atoms with Crippen LogP contribution in [0.15, 0.2) is 0 Å². The molecule has 0 radical (unpaired) electrons. The number of nitrogens with one attached hydrogen (secondary N) is 1. The lowest BCUT2D eigenvalue weighted by molar-refractivity contribution is -0.122. The zero-order valence-corrected chi connectivity index (χ0v) is 10.1. The van der Waals surface area contributed by atoms with Gasteiger partial charge in [-0.1, -0.05) is 0 Å². The summed E-state index contributed by atoms with van der Waals surface area (Å²) in [4.78, 5) is 11.4. The van der Waals surface area contributed by atoms with Crippen LogP contribution in [0.25, 0.3) is 0 Å². The summed E-state index contributed by atoms with van der Waals surface area (Å²) >= 11 is 1.70. The van der Waals surface area contributed by atoms with Crippen molar-refractivity contribution in [2.45, 2.75) is 31.7 Å². The second-order valence-corrected chi connectivity index (χ2v) is 4.33. The maximum atomic E-state index is 11.4. The SMILES string of the molecule is C#CCCCCNC(=O)[C@H](N)CCSC. The summed E-state index contributed by atoms with van der Waals surface area (Å²) in [5, 5.41) is 2.81. The topological polar surface area (TPSA) is 55.1 Å². The number of hydrogen-bond acceptors (Lipinski definition) is 3. The van der Waals surface area contributed by atoms with E-state index in [1.54, 1.807) is 11.8 Å². The lowest BCUT2D eigenvalue weighted by atomic mass is 10.2. The van der Waals surface area contributed by atoms with Gasteiger partial charge in [0.2, 0.25) is 5.91 Å². The van der Waals surface area contributed by atoms with E-state index in [2.05, 4.69) is 11.2 Å². The van der Waals surface area contributed by atoms with Gasteiger partial charge >= 0.3 is 0 Å². The molecule has 0 unspecified atom stereocenters. The Balaban J connectivity index is 3.43. The van der Waals surface area contributed by atoms with Crippen molar-refractivity contribution in [2.24, 2.45) is 5.73 Å². The van der Waals surface area contributed by atoms with Crippen LogP contribution in [0.4, 0.5) is 0 Å². The Morgan fingerprint density at radius 1 is 1.60 bits per heavy atom. The third-order valence-electron chi connectivity index (χ3n) is 2.02. The Hall–Kier alpha value is -0.660. The first kappa shape index (κ1) is 14.3. The largest absolute Gasteiger partial charge is 0.355 e. The number of hydrogen-bond donors (Lipinski definition) is 2. The molecule has 86 valence electrons. The Morgan fingerprint density at radius 2 is 2.33 bits per heavy atom. The molecule has 0 aliphatic rings. The van der Waals surface area contributed by atoms with Crippen molar-refractivity contribution in [1.29, 1.82) is 0 Å². The maximum Gasteiger partial charge on any atom is 0.236 e. The van der Waals surface area contributed by atoms with E-state index < -0.39 is 0 Å². The summed E-state index contributed by atoms with van der Waals surface area (Å²) in [7, 11) is 0. The summed E-state index contributed by atoms with van der Waals surface area (Å²) in [6, 6.07) is -0.370. The smallest absolute Gasteiger partial charge is 0.236 e. The molecule has 0 aliphatic carbocycles. The van der Waals surface area contributed by atoms with Crippen LogP contribution in [0.1, 0.15) is 25.7 Å². The number of carbonyl (C=O) groups excluding carboxylic acids is 1. The van der Waals surface area contributed by atoms with Gasteiger partial charge in [-0.2, -0.15) is 11.8 Å². The fourth-order valence-corrected chi connectivity index (χ4v) is 1.56. The zero-order chi connectivity index (χ0) is 11.5. The van der Waals surface area contributed by atoms with Gasteiger partial charge in [0.15, 0.2) is 0 Å². The van der Waals surface area contributed by atoms with E-state index in [0.717, 1.165) is 31.4 Å². The first-order chi connectivity index (χ1) is 7.22. The number of rotatable bonds is 8. The van der Waals surface area contributed by atoms with Crippen LogP contribution < -0.4 is 11.1 Å². The Kier molecular flexibility index (Phi) is 9.44. The summed E-state index contributed by atoms with van der Waals surface area (Å²) in [5.41, 5.74) is 5.69. The molecule has 1 atom stereocenters. The number of nitrogens with two attached hydrogens (primary N) is 1. The molecule has 0 bridgehead atoms. The average Bonchev–Trinajstić information content (AvgIpc) is 2.25. The molecule has 0 saturated heterocycles. The van der Waals surface area contributed by atoms with Gasteiger partial charge in [0.05, 0.1) is 6.04 Å². The Labute approximate surface area is 96.6 Å². The van der Waals surface area contributed by atoms with Crippen LogP contribution in [0.5, 0.6) is 0 Å². The molecule has 1 amide bonds. The molecule has 3 N–H and O–H groups in total. The standard InChI is InChI=1S/C11H20N2OS/c1-3-4-5-6-8-13-11(14)10(12)7-9-15-2/h1,10H,4-9,12H2,2H3,(H,13,14)/t10-/m1/s1. The average molecular weight is 228 g/mol. The molecular weight excluding hydrogens is 208 g/mol. The molecule has 0 aromatic rings. The van der Waals surface area contributed by atoms with Gasteiger partial charge in [-0.05, 0) is 31.3 Å². The van der Waals surface area contributed by atoms with Crippen molar-refractivity contribution < 1.29 is 4.79 Å². The Morgan fingerprint density at radius 3 is 2.93 bits per heavy atom. The van der Waals surface area contributed by atoms with Crippen LogP contribution >= 0.6 is 11.8 Å². The van der Waals surface area contributed by atoms with E-state index in [1.165, 1.54) is 0 Å². The quantitative estimate of drug-likeness (QED) is 0.481. The van der Waals surface area contributed by atoms with Gasteiger partial charge < -0.3 is 11.1 Å². The summed E-state index contributed by atoms with van der Waals surface area (Å²) in [6.07, 6.45) is 10.5. The van der Waals surface area contributed by atoms with E-state index in [-0.39, 0.29) is 11.9 Å². The highest BCUT2D eigenvalue weighted by Gasteiger charge is 2.11. The van der Waals surface area contributed by atoms with Crippen molar-refractivity contribution in [3.8, 4) is 12.3 Å². The number of amides is 1. The molecule has 0 aromatic carbocycles. The van der Waals surface area contributed by atoms with Crippen molar-refractivity contribution in [3.05, 3.63) is 0 Å². The predicted octanol–water partition coefficient (Wildman–Crippen LogP) is 0.986. The number of carbonyl (C=O) groups is 1. The second-order valence-electron chi connectivity index (χ2n) is 3.34. The highest BCUT2D eigenvalue weighted by molar-refractivity contribution is 7.98. The van der Waals surface area contributed by atoms with Gasteiger partial charge in [-0.25, -0.2) is 0 Å².